The van der Waals surface area contributed by atoms with E-state index in [1.165, 1.54) is 12.1 Å². The Balaban J connectivity index is 1.17. The summed E-state index contributed by atoms with van der Waals surface area (Å²) in [5.41, 5.74) is 4.82. The molecular formula is C28H24N2O6. The van der Waals surface area contributed by atoms with Gasteiger partial charge in [0.2, 0.25) is 0 Å². The zero-order chi connectivity index (χ0) is 25.2. The molecule has 0 fully saturated rings. The number of hydroxylamine groups is 2. The molecule has 182 valence electrons. The predicted octanol–water partition coefficient (Wildman–Crippen LogP) is 4.45. The van der Waals surface area contributed by atoms with Gasteiger partial charge in [-0.25, -0.2) is 9.59 Å². The van der Waals surface area contributed by atoms with Gasteiger partial charge >= 0.3 is 12.1 Å². The van der Waals surface area contributed by atoms with Crippen LogP contribution in [0.4, 0.5) is 4.79 Å². The van der Waals surface area contributed by atoms with Crippen molar-refractivity contribution in [3.63, 3.8) is 0 Å². The zero-order valence-electron chi connectivity index (χ0n) is 19.6. The number of nitrogens with zero attached hydrogens (tertiary/aromatic N) is 1. The monoisotopic (exact) mass is 484 g/mol. The summed E-state index contributed by atoms with van der Waals surface area (Å²) in [6.45, 7) is 1.94. The standard InChI is InChI=1S/C28H24N2O6/c1-2-17(15-25(31)36-30-26(32)22-13-7-8-14-23(22)27(30)33)29-28(34)35-16-24-20-11-5-3-9-18(20)19-10-4-6-12-21(19)24/h3-14,17,24H,2,15-16H2,1H3,(H,29,34)/t17-/m1/s1. The molecule has 1 atom stereocenters. The van der Waals surface area contributed by atoms with E-state index >= 15 is 0 Å². The first-order chi connectivity index (χ1) is 17.5. The molecule has 5 rings (SSSR count). The lowest BCUT2D eigenvalue weighted by Crippen LogP contribution is -2.39. The van der Waals surface area contributed by atoms with Gasteiger partial charge in [0.05, 0.1) is 17.5 Å². The van der Waals surface area contributed by atoms with E-state index < -0.39 is 29.9 Å². The number of amides is 3. The van der Waals surface area contributed by atoms with Gasteiger partial charge in [0.25, 0.3) is 11.8 Å². The summed E-state index contributed by atoms with van der Waals surface area (Å²) < 4.78 is 5.54. The summed E-state index contributed by atoms with van der Waals surface area (Å²) in [5, 5.41) is 3.15. The summed E-state index contributed by atoms with van der Waals surface area (Å²) in [4.78, 5) is 54.9. The molecule has 1 aliphatic carbocycles. The van der Waals surface area contributed by atoms with Crippen LogP contribution >= 0.6 is 0 Å². The highest BCUT2D eigenvalue weighted by Crippen LogP contribution is 2.44. The van der Waals surface area contributed by atoms with E-state index in [1.54, 1.807) is 19.1 Å². The van der Waals surface area contributed by atoms with Gasteiger partial charge in [-0.2, -0.15) is 0 Å². The Bertz CT molecular complexity index is 1290. The number of carbonyl (C=O) groups is 4. The molecule has 0 unspecified atom stereocenters. The molecule has 1 aliphatic heterocycles. The number of fused-ring (bicyclic) bond motifs is 4. The van der Waals surface area contributed by atoms with E-state index in [9.17, 15) is 19.2 Å². The number of imide groups is 1. The van der Waals surface area contributed by atoms with Crippen LogP contribution in [0.3, 0.4) is 0 Å². The molecule has 1 N–H and O–H groups in total. The molecule has 8 nitrogen and oxygen atoms in total. The largest absolute Gasteiger partial charge is 0.449 e. The van der Waals surface area contributed by atoms with Crippen molar-refractivity contribution in [2.24, 2.45) is 0 Å². The van der Waals surface area contributed by atoms with Gasteiger partial charge in [0, 0.05) is 12.0 Å². The first-order valence-corrected chi connectivity index (χ1v) is 11.8. The molecule has 3 aromatic carbocycles. The molecule has 2 aliphatic rings. The lowest BCUT2D eigenvalue weighted by atomic mass is 9.98. The number of benzene rings is 3. The predicted molar refractivity (Wildman–Crippen MR) is 130 cm³/mol. The molecule has 0 saturated carbocycles. The Morgan fingerprint density at radius 3 is 1.86 bits per heavy atom. The van der Waals surface area contributed by atoms with Crippen LogP contribution in [-0.4, -0.2) is 41.6 Å². The third-order valence-electron chi connectivity index (χ3n) is 6.52. The highest BCUT2D eigenvalue weighted by molar-refractivity contribution is 6.20. The SMILES string of the molecule is CC[C@H](CC(=O)ON1C(=O)c2ccccc2C1=O)NC(=O)OCC1c2ccccc2-c2ccccc21. The lowest BCUT2D eigenvalue weighted by molar-refractivity contribution is -0.169. The maximum Gasteiger partial charge on any atom is 0.407 e. The topological polar surface area (TPSA) is 102 Å². The van der Waals surface area contributed by atoms with Crippen LogP contribution in [0, 0.1) is 0 Å². The first kappa shape index (κ1) is 23.3. The van der Waals surface area contributed by atoms with Crippen LogP contribution in [0.1, 0.15) is 57.5 Å². The van der Waals surface area contributed by atoms with Crippen molar-refractivity contribution in [2.45, 2.75) is 31.7 Å². The van der Waals surface area contributed by atoms with E-state index in [4.69, 9.17) is 9.57 Å². The Labute approximate surface area is 207 Å². The molecule has 8 heteroatoms. The Hall–Kier alpha value is -4.46. The fraction of sp³-hybridized carbons (Fsp3) is 0.214. The average Bonchev–Trinajstić information content (AvgIpc) is 3.34. The van der Waals surface area contributed by atoms with E-state index in [0.717, 1.165) is 22.3 Å². The normalized spacial score (nSPS) is 14.6. The van der Waals surface area contributed by atoms with Crippen molar-refractivity contribution in [3.8, 4) is 11.1 Å². The molecule has 0 bridgehead atoms. The molecule has 1 heterocycles. The molecule has 3 aromatic rings. The van der Waals surface area contributed by atoms with Crippen LogP contribution in [0.2, 0.25) is 0 Å². The lowest BCUT2D eigenvalue weighted by Gasteiger charge is -2.19. The quantitative estimate of drug-likeness (QED) is 0.497. The molecular weight excluding hydrogens is 460 g/mol. The molecule has 36 heavy (non-hydrogen) atoms. The number of carbonyl (C=O) groups excluding carboxylic acids is 4. The number of hydrogen-bond donors (Lipinski definition) is 1. The van der Waals surface area contributed by atoms with Crippen molar-refractivity contribution < 1.29 is 28.8 Å². The van der Waals surface area contributed by atoms with E-state index in [-0.39, 0.29) is 30.1 Å². The Morgan fingerprint density at radius 1 is 0.833 bits per heavy atom. The van der Waals surface area contributed by atoms with Gasteiger partial charge in [0.15, 0.2) is 0 Å². The summed E-state index contributed by atoms with van der Waals surface area (Å²) >= 11 is 0. The number of rotatable bonds is 7. The summed E-state index contributed by atoms with van der Waals surface area (Å²) in [6, 6.07) is 21.7. The van der Waals surface area contributed by atoms with E-state index in [2.05, 4.69) is 17.4 Å². The fourth-order valence-corrected chi connectivity index (χ4v) is 4.69. The second-order valence-electron chi connectivity index (χ2n) is 8.69. The highest BCUT2D eigenvalue weighted by Gasteiger charge is 2.39. The second-order valence-corrected chi connectivity index (χ2v) is 8.69. The van der Waals surface area contributed by atoms with Crippen molar-refractivity contribution in [2.75, 3.05) is 6.61 Å². The summed E-state index contributed by atoms with van der Waals surface area (Å²) in [6.07, 6.45) is -0.465. The van der Waals surface area contributed by atoms with Crippen LogP contribution in [0.5, 0.6) is 0 Å². The van der Waals surface area contributed by atoms with Gasteiger partial charge < -0.3 is 14.9 Å². The molecule has 0 aromatic heterocycles. The minimum absolute atomic E-state index is 0.0815. The maximum absolute atomic E-state index is 12.6. The van der Waals surface area contributed by atoms with Gasteiger partial charge in [-0.1, -0.05) is 72.7 Å². The number of hydrogen-bond acceptors (Lipinski definition) is 6. The molecule has 0 saturated heterocycles. The smallest absolute Gasteiger partial charge is 0.407 e. The van der Waals surface area contributed by atoms with E-state index in [1.807, 2.05) is 36.4 Å². The highest BCUT2D eigenvalue weighted by atomic mass is 16.7. The van der Waals surface area contributed by atoms with Gasteiger partial charge in [0.1, 0.15) is 6.61 Å². The van der Waals surface area contributed by atoms with Crippen LogP contribution in [0.15, 0.2) is 72.8 Å². The van der Waals surface area contributed by atoms with Gasteiger partial charge in [-0.3, -0.25) is 9.59 Å². The number of alkyl carbamates (subject to hydrolysis) is 1. The number of ether oxygens (including phenoxy) is 1. The Kier molecular flexibility index (Phi) is 6.25. The van der Waals surface area contributed by atoms with Crippen molar-refractivity contribution in [3.05, 3.63) is 95.1 Å². The van der Waals surface area contributed by atoms with Gasteiger partial charge in [-0.05, 0) is 40.8 Å². The summed E-state index contributed by atoms with van der Waals surface area (Å²) in [5.74, 6) is -2.28. The van der Waals surface area contributed by atoms with Crippen molar-refractivity contribution in [1.29, 1.82) is 0 Å². The van der Waals surface area contributed by atoms with Crippen LogP contribution < -0.4 is 5.32 Å². The minimum Gasteiger partial charge on any atom is -0.449 e. The van der Waals surface area contributed by atoms with Crippen LogP contribution in [-0.2, 0) is 14.4 Å². The zero-order valence-corrected chi connectivity index (χ0v) is 19.6. The average molecular weight is 485 g/mol. The minimum atomic E-state index is -0.810. The third kappa shape index (κ3) is 4.22. The molecule has 3 amide bonds. The summed E-state index contributed by atoms with van der Waals surface area (Å²) in [7, 11) is 0. The second kappa shape index (κ2) is 9.65. The first-order valence-electron chi connectivity index (χ1n) is 11.8. The molecule has 0 spiro atoms. The van der Waals surface area contributed by atoms with Crippen molar-refractivity contribution >= 4 is 23.9 Å². The third-order valence-corrected chi connectivity index (χ3v) is 6.52. The van der Waals surface area contributed by atoms with Crippen LogP contribution in [0.25, 0.3) is 11.1 Å². The Morgan fingerprint density at radius 2 is 1.33 bits per heavy atom. The van der Waals surface area contributed by atoms with Gasteiger partial charge in [-0.15, -0.1) is 0 Å². The maximum atomic E-state index is 12.6. The fourth-order valence-electron chi connectivity index (χ4n) is 4.69. The van der Waals surface area contributed by atoms with E-state index in [0.29, 0.717) is 11.5 Å². The number of nitrogens with one attached hydrogen (secondary N) is 1. The van der Waals surface area contributed by atoms with Crippen molar-refractivity contribution in [1.82, 2.24) is 10.4 Å². The molecule has 0 radical (unpaired) electrons.